The first-order valence-electron chi connectivity index (χ1n) is 3.22. The Bertz CT molecular complexity index is 264. The molecule has 1 aliphatic rings. The molecule has 0 spiro atoms. The van der Waals surface area contributed by atoms with Crippen molar-refractivity contribution in [2.45, 2.75) is 6.42 Å². The van der Waals surface area contributed by atoms with Gasteiger partial charge in [-0.2, -0.15) is 0 Å². The van der Waals surface area contributed by atoms with E-state index >= 15 is 0 Å². The number of hydrogen-bond donors (Lipinski definition) is 1. The standard InChI is InChI=1S/C7H7NO2/c9-7-5-2-4-10-6(5)1-3-8-7/h2,4H,1,3H2,(H,8,9). The smallest absolute Gasteiger partial charge is 0.254 e. The highest BCUT2D eigenvalue weighted by Crippen LogP contribution is 2.13. The van der Waals surface area contributed by atoms with Crippen LogP contribution in [0.1, 0.15) is 16.1 Å². The van der Waals surface area contributed by atoms with Crippen LogP contribution in [-0.2, 0) is 6.42 Å². The van der Waals surface area contributed by atoms with Gasteiger partial charge in [0.25, 0.3) is 5.91 Å². The summed E-state index contributed by atoms with van der Waals surface area (Å²) in [6.07, 6.45) is 2.36. The van der Waals surface area contributed by atoms with E-state index in [-0.39, 0.29) is 5.91 Å². The molecule has 3 nitrogen and oxygen atoms in total. The highest BCUT2D eigenvalue weighted by Gasteiger charge is 2.18. The van der Waals surface area contributed by atoms with Gasteiger partial charge < -0.3 is 9.73 Å². The van der Waals surface area contributed by atoms with Crippen molar-refractivity contribution in [3.05, 3.63) is 23.7 Å². The minimum Gasteiger partial charge on any atom is -0.468 e. The molecule has 0 unspecified atom stereocenters. The van der Waals surface area contributed by atoms with Gasteiger partial charge in [0.1, 0.15) is 5.76 Å². The van der Waals surface area contributed by atoms with Gasteiger partial charge in [0, 0.05) is 13.0 Å². The van der Waals surface area contributed by atoms with Gasteiger partial charge in [-0.3, -0.25) is 4.79 Å². The van der Waals surface area contributed by atoms with Crippen molar-refractivity contribution in [3.8, 4) is 0 Å². The summed E-state index contributed by atoms with van der Waals surface area (Å²) in [5.41, 5.74) is 0.686. The van der Waals surface area contributed by atoms with E-state index in [1.165, 1.54) is 0 Å². The molecule has 1 aromatic heterocycles. The molecule has 1 aromatic rings. The molecule has 10 heavy (non-hydrogen) atoms. The van der Waals surface area contributed by atoms with Gasteiger partial charge in [0.15, 0.2) is 0 Å². The fourth-order valence-corrected chi connectivity index (χ4v) is 1.12. The monoisotopic (exact) mass is 137 g/mol. The molecular formula is C7H7NO2. The van der Waals surface area contributed by atoms with E-state index in [9.17, 15) is 4.79 Å². The van der Waals surface area contributed by atoms with Crippen LogP contribution in [0.25, 0.3) is 0 Å². The molecule has 0 saturated heterocycles. The van der Waals surface area contributed by atoms with Crippen LogP contribution in [-0.4, -0.2) is 12.5 Å². The summed E-state index contributed by atoms with van der Waals surface area (Å²) in [5.74, 6) is 0.791. The zero-order valence-electron chi connectivity index (χ0n) is 5.39. The van der Waals surface area contributed by atoms with Crippen LogP contribution in [0.5, 0.6) is 0 Å². The van der Waals surface area contributed by atoms with Crippen molar-refractivity contribution in [2.75, 3.05) is 6.54 Å². The van der Waals surface area contributed by atoms with E-state index in [0.717, 1.165) is 12.2 Å². The van der Waals surface area contributed by atoms with Crippen molar-refractivity contribution in [2.24, 2.45) is 0 Å². The van der Waals surface area contributed by atoms with Crippen molar-refractivity contribution in [3.63, 3.8) is 0 Å². The zero-order valence-corrected chi connectivity index (χ0v) is 5.39. The third-order valence-electron chi connectivity index (χ3n) is 1.63. The lowest BCUT2D eigenvalue weighted by Gasteiger charge is -2.09. The predicted octanol–water partition coefficient (Wildman–Crippen LogP) is 0.565. The van der Waals surface area contributed by atoms with Gasteiger partial charge >= 0.3 is 0 Å². The van der Waals surface area contributed by atoms with Gasteiger partial charge in [0.05, 0.1) is 11.8 Å². The second-order valence-electron chi connectivity index (χ2n) is 2.26. The summed E-state index contributed by atoms with van der Waals surface area (Å²) >= 11 is 0. The van der Waals surface area contributed by atoms with Crippen molar-refractivity contribution in [1.82, 2.24) is 5.32 Å². The Kier molecular flexibility index (Phi) is 1.03. The molecular weight excluding hydrogens is 130 g/mol. The second-order valence-corrected chi connectivity index (χ2v) is 2.26. The highest BCUT2D eigenvalue weighted by molar-refractivity contribution is 5.95. The lowest BCUT2D eigenvalue weighted by atomic mass is 10.1. The Balaban J connectivity index is 2.50. The number of carbonyl (C=O) groups excluding carboxylic acids is 1. The number of amides is 1. The summed E-state index contributed by atoms with van der Waals surface area (Å²) in [6, 6.07) is 1.70. The number of furan rings is 1. The first-order valence-corrected chi connectivity index (χ1v) is 3.22. The zero-order chi connectivity index (χ0) is 6.97. The number of rotatable bonds is 0. The summed E-state index contributed by atoms with van der Waals surface area (Å²) < 4.78 is 5.07. The third kappa shape index (κ3) is 0.635. The number of carbonyl (C=O) groups is 1. The third-order valence-corrected chi connectivity index (χ3v) is 1.63. The molecule has 0 saturated carbocycles. The maximum atomic E-state index is 11.0. The molecule has 0 aromatic carbocycles. The maximum absolute atomic E-state index is 11.0. The molecule has 1 amide bonds. The van der Waals surface area contributed by atoms with Gasteiger partial charge in [-0.15, -0.1) is 0 Å². The fourth-order valence-electron chi connectivity index (χ4n) is 1.12. The Hall–Kier alpha value is -1.25. The van der Waals surface area contributed by atoms with Crippen LogP contribution < -0.4 is 5.32 Å². The molecule has 2 heterocycles. The van der Waals surface area contributed by atoms with E-state index in [4.69, 9.17) is 4.42 Å². The summed E-state index contributed by atoms with van der Waals surface area (Å²) in [6.45, 7) is 0.694. The van der Waals surface area contributed by atoms with Crippen LogP contribution in [0, 0.1) is 0 Å². The van der Waals surface area contributed by atoms with Crippen molar-refractivity contribution in [1.29, 1.82) is 0 Å². The minimum atomic E-state index is -0.0185. The molecule has 2 rings (SSSR count). The molecule has 52 valence electrons. The second kappa shape index (κ2) is 1.87. The molecule has 0 atom stereocenters. The lowest BCUT2D eigenvalue weighted by Crippen LogP contribution is -2.30. The number of nitrogens with one attached hydrogen (secondary N) is 1. The van der Waals surface area contributed by atoms with Crippen molar-refractivity contribution >= 4 is 5.91 Å². The lowest BCUT2D eigenvalue weighted by molar-refractivity contribution is 0.0943. The molecule has 3 heteroatoms. The number of hydrogen-bond acceptors (Lipinski definition) is 2. The minimum absolute atomic E-state index is 0.0185. The van der Waals surface area contributed by atoms with Crippen LogP contribution in [0.3, 0.4) is 0 Å². The van der Waals surface area contributed by atoms with E-state index < -0.39 is 0 Å². The normalized spacial score (nSPS) is 16.2. The average molecular weight is 137 g/mol. The van der Waals surface area contributed by atoms with E-state index in [1.807, 2.05) is 0 Å². The largest absolute Gasteiger partial charge is 0.468 e. The molecule has 0 radical (unpaired) electrons. The van der Waals surface area contributed by atoms with Crippen LogP contribution in [0.4, 0.5) is 0 Å². The Labute approximate surface area is 58.0 Å². The fraction of sp³-hybridized carbons (Fsp3) is 0.286. The molecule has 1 N–H and O–H groups in total. The van der Waals surface area contributed by atoms with Crippen LogP contribution in [0.15, 0.2) is 16.7 Å². The first kappa shape index (κ1) is 5.53. The first-order chi connectivity index (χ1) is 4.88. The van der Waals surface area contributed by atoms with Gasteiger partial charge in [-0.05, 0) is 6.07 Å². The molecule has 1 aliphatic heterocycles. The highest BCUT2D eigenvalue weighted by atomic mass is 16.3. The molecule has 0 aliphatic carbocycles. The quantitative estimate of drug-likeness (QED) is 0.567. The van der Waals surface area contributed by atoms with E-state index in [0.29, 0.717) is 12.1 Å². The topological polar surface area (TPSA) is 42.2 Å². The van der Waals surface area contributed by atoms with Crippen LogP contribution in [0.2, 0.25) is 0 Å². The Morgan fingerprint density at radius 1 is 1.60 bits per heavy atom. The SMILES string of the molecule is O=C1NCCc2occc21. The number of fused-ring (bicyclic) bond motifs is 1. The van der Waals surface area contributed by atoms with Crippen LogP contribution >= 0.6 is 0 Å². The predicted molar refractivity (Wildman–Crippen MR) is 34.7 cm³/mol. The van der Waals surface area contributed by atoms with Gasteiger partial charge in [-0.1, -0.05) is 0 Å². The molecule has 0 fully saturated rings. The van der Waals surface area contributed by atoms with Crippen molar-refractivity contribution < 1.29 is 9.21 Å². The molecule has 0 bridgehead atoms. The summed E-state index contributed by atoms with van der Waals surface area (Å²) in [7, 11) is 0. The summed E-state index contributed by atoms with van der Waals surface area (Å²) in [5, 5.41) is 2.73. The maximum Gasteiger partial charge on any atom is 0.254 e. The Morgan fingerprint density at radius 3 is 3.30 bits per heavy atom. The van der Waals surface area contributed by atoms with Gasteiger partial charge in [0.2, 0.25) is 0 Å². The average Bonchev–Trinajstić information content (AvgIpc) is 2.36. The van der Waals surface area contributed by atoms with E-state index in [1.54, 1.807) is 12.3 Å². The van der Waals surface area contributed by atoms with Gasteiger partial charge in [-0.25, -0.2) is 0 Å². The van der Waals surface area contributed by atoms with E-state index in [2.05, 4.69) is 5.32 Å². The summed E-state index contributed by atoms with van der Waals surface area (Å²) in [4.78, 5) is 11.0. The Morgan fingerprint density at radius 2 is 2.50 bits per heavy atom.